The molecule has 1 heterocycles. The summed E-state index contributed by atoms with van der Waals surface area (Å²) < 4.78 is 24.9. The number of esters is 1. The van der Waals surface area contributed by atoms with Crippen LogP contribution >= 0.6 is 0 Å². The number of anilines is 1. The summed E-state index contributed by atoms with van der Waals surface area (Å²) in [5, 5.41) is 11.0. The van der Waals surface area contributed by atoms with E-state index in [0.29, 0.717) is 19.0 Å². The van der Waals surface area contributed by atoms with Crippen LogP contribution in [0.15, 0.2) is 12.1 Å². The highest BCUT2D eigenvalue weighted by molar-refractivity contribution is 5.97. The van der Waals surface area contributed by atoms with Crippen molar-refractivity contribution in [3.8, 4) is 0 Å². The Hall–Kier alpha value is -2.22. The molecule has 0 saturated carbocycles. The fraction of sp³-hybridized carbons (Fsp3) is 0.562. The van der Waals surface area contributed by atoms with Crippen LogP contribution in [0, 0.1) is 21.8 Å². The number of nitro groups is 1. The van der Waals surface area contributed by atoms with Gasteiger partial charge in [-0.1, -0.05) is 6.92 Å². The molecule has 1 fully saturated rings. The molecule has 0 radical (unpaired) electrons. The third-order valence-corrected chi connectivity index (χ3v) is 4.26. The number of carbonyl (C=O) groups is 1. The lowest BCUT2D eigenvalue weighted by atomic mass is 9.94. The molecule has 1 aliphatic rings. The van der Waals surface area contributed by atoms with Crippen molar-refractivity contribution in [2.24, 2.45) is 5.92 Å². The number of hydrogen-bond donors (Lipinski definition) is 0. The van der Waals surface area contributed by atoms with Gasteiger partial charge in [-0.3, -0.25) is 10.1 Å². The number of benzene rings is 1. The number of nitrogens with zero attached hydrogens (tertiary/aromatic N) is 2. The van der Waals surface area contributed by atoms with Crippen LogP contribution in [0.5, 0.6) is 0 Å². The van der Waals surface area contributed by atoms with Gasteiger partial charge in [0.15, 0.2) is 5.82 Å². The Morgan fingerprint density at radius 3 is 2.79 bits per heavy atom. The van der Waals surface area contributed by atoms with E-state index >= 15 is 0 Å². The number of ether oxygens (including phenoxy) is 2. The molecule has 0 bridgehead atoms. The number of rotatable bonds is 5. The Labute approximate surface area is 139 Å². The largest absolute Gasteiger partial charge is 0.462 e. The highest BCUT2D eigenvalue weighted by Gasteiger charge is 2.32. The smallest absolute Gasteiger partial charge is 0.340 e. The van der Waals surface area contributed by atoms with Crippen molar-refractivity contribution in [2.75, 3.05) is 31.7 Å². The summed E-state index contributed by atoms with van der Waals surface area (Å²) in [6.07, 6.45) is 0.653. The highest BCUT2D eigenvalue weighted by Crippen LogP contribution is 2.33. The first kappa shape index (κ1) is 18.1. The second-order valence-electron chi connectivity index (χ2n) is 5.79. The van der Waals surface area contributed by atoms with Gasteiger partial charge in [-0.25, -0.2) is 9.18 Å². The molecule has 0 N–H and O–H groups in total. The Balaban J connectivity index is 2.47. The molecule has 8 heteroatoms. The van der Waals surface area contributed by atoms with Crippen LogP contribution in [0.25, 0.3) is 0 Å². The average Bonchev–Trinajstić information content (AvgIpc) is 2.55. The van der Waals surface area contributed by atoms with E-state index in [4.69, 9.17) is 9.47 Å². The van der Waals surface area contributed by atoms with E-state index in [1.54, 1.807) is 18.9 Å². The van der Waals surface area contributed by atoms with Crippen LogP contribution < -0.4 is 4.90 Å². The quantitative estimate of drug-likeness (QED) is 0.466. The van der Waals surface area contributed by atoms with Crippen molar-refractivity contribution in [3.63, 3.8) is 0 Å². The Kier molecular flexibility index (Phi) is 5.71. The number of methoxy groups -OCH3 is 1. The summed E-state index contributed by atoms with van der Waals surface area (Å²) >= 11 is 0. The van der Waals surface area contributed by atoms with Gasteiger partial charge in [0.25, 0.3) is 5.69 Å². The minimum Gasteiger partial charge on any atom is -0.462 e. The molecule has 0 aromatic heterocycles. The third kappa shape index (κ3) is 3.64. The number of carbonyl (C=O) groups excluding carboxylic acids is 1. The molecule has 2 atom stereocenters. The first-order valence-corrected chi connectivity index (χ1v) is 7.81. The Morgan fingerprint density at radius 2 is 2.21 bits per heavy atom. The monoisotopic (exact) mass is 340 g/mol. The van der Waals surface area contributed by atoms with E-state index in [1.807, 2.05) is 6.92 Å². The maximum Gasteiger partial charge on any atom is 0.340 e. The van der Waals surface area contributed by atoms with Crippen LogP contribution in [0.2, 0.25) is 0 Å². The molecule has 2 rings (SSSR count). The molecule has 132 valence electrons. The molecule has 0 amide bonds. The molecule has 7 nitrogen and oxygen atoms in total. The number of non-ortho nitro benzene ring substituents is 1. The van der Waals surface area contributed by atoms with Gasteiger partial charge < -0.3 is 14.4 Å². The summed E-state index contributed by atoms with van der Waals surface area (Å²) in [6.45, 7) is 4.69. The first-order valence-electron chi connectivity index (χ1n) is 7.81. The maximum absolute atomic E-state index is 14.6. The standard InChI is InChI=1S/C16H21FN2O5/c1-4-24-16(20)12-7-11(19(21)22)8-13(17)15(12)18-6-5-10(2)14(9-18)23-3/h7-8,10,14H,4-6,9H2,1-3H3. The van der Waals surface area contributed by atoms with E-state index < -0.39 is 22.4 Å². The van der Waals surface area contributed by atoms with E-state index in [0.717, 1.165) is 18.6 Å². The van der Waals surface area contributed by atoms with Gasteiger partial charge >= 0.3 is 5.97 Å². The second kappa shape index (κ2) is 7.57. The van der Waals surface area contributed by atoms with Crippen molar-refractivity contribution >= 4 is 17.3 Å². The predicted molar refractivity (Wildman–Crippen MR) is 85.8 cm³/mol. The van der Waals surface area contributed by atoms with E-state index in [1.165, 1.54) is 0 Å². The zero-order valence-electron chi connectivity index (χ0n) is 14.0. The van der Waals surface area contributed by atoms with E-state index in [-0.39, 0.29) is 24.0 Å². The van der Waals surface area contributed by atoms with Crippen molar-refractivity contribution < 1.29 is 23.6 Å². The molecule has 1 saturated heterocycles. The maximum atomic E-state index is 14.6. The van der Waals surface area contributed by atoms with Gasteiger partial charge in [-0.05, 0) is 19.3 Å². The molecule has 24 heavy (non-hydrogen) atoms. The minimum absolute atomic E-state index is 0.0352. The molecule has 1 aliphatic heterocycles. The lowest BCUT2D eigenvalue weighted by Crippen LogP contribution is -2.44. The first-order chi connectivity index (χ1) is 11.4. The lowest BCUT2D eigenvalue weighted by molar-refractivity contribution is -0.385. The molecular formula is C16H21FN2O5. The lowest BCUT2D eigenvalue weighted by Gasteiger charge is -2.38. The van der Waals surface area contributed by atoms with Crippen molar-refractivity contribution in [1.82, 2.24) is 0 Å². The number of nitro benzene ring substituents is 1. The molecule has 1 aromatic rings. The Morgan fingerprint density at radius 1 is 1.50 bits per heavy atom. The van der Waals surface area contributed by atoms with Crippen LogP contribution in [0.3, 0.4) is 0 Å². The summed E-state index contributed by atoms with van der Waals surface area (Å²) in [7, 11) is 1.59. The zero-order chi connectivity index (χ0) is 17.9. The van der Waals surface area contributed by atoms with Gasteiger partial charge in [-0.15, -0.1) is 0 Å². The number of halogens is 1. The molecule has 2 unspecified atom stereocenters. The normalized spacial score (nSPS) is 20.8. The van der Waals surface area contributed by atoms with Gasteiger partial charge in [-0.2, -0.15) is 0 Å². The van der Waals surface area contributed by atoms with E-state index in [9.17, 15) is 19.3 Å². The van der Waals surface area contributed by atoms with Gasteiger partial charge in [0.05, 0.1) is 35.0 Å². The molecular weight excluding hydrogens is 319 g/mol. The fourth-order valence-electron chi connectivity index (χ4n) is 2.92. The Bertz CT molecular complexity index is 637. The van der Waals surface area contributed by atoms with Crippen molar-refractivity contribution in [2.45, 2.75) is 26.4 Å². The zero-order valence-corrected chi connectivity index (χ0v) is 14.0. The van der Waals surface area contributed by atoms with Crippen LogP contribution in [0.4, 0.5) is 15.8 Å². The summed E-state index contributed by atoms with van der Waals surface area (Å²) in [4.78, 5) is 24.1. The highest BCUT2D eigenvalue weighted by atomic mass is 19.1. The van der Waals surface area contributed by atoms with Gasteiger partial charge in [0.2, 0.25) is 0 Å². The molecule has 0 spiro atoms. The van der Waals surface area contributed by atoms with Crippen LogP contribution in [-0.4, -0.2) is 43.8 Å². The van der Waals surface area contributed by atoms with Crippen molar-refractivity contribution in [1.29, 1.82) is 0 Å². The van der Waals surface area contributed by atoms with Gasteiger partial charge in [0.1, 0.15) is 0 Å². The predicted octanol–water partition coefficient (Wildman–Crippen LogP) is 2.77. The SMILES string of the molecule is CCOC(=O)c1cc([N+](=O)[O-])cc(F)c1N1CCC(C)C(OC)C1. The molecule has 0 aliphatic carbocycles. The van der Waals surface area contributed by atoms with Crippen molar-refractivity contribution in [3.05, 3.63) is 33.6 Å². The topological polar surface area (TPSA) is 81.9 Å². The average molecular weight is 340 g/mol. The molecule has 1 aromatic carbocycles. The number of piperidine rings is 1. The fourth-order valence-corrected chi connectivity index (χ4v) is 2.92. The summed E-state index contributed by atoms with van der Waals surface area (Å²) in [6, 6.07) is 1.90. The van der Waals surface area contributed by atoms with Crippen LogP contribution in [-0.2, 0) is 9.47 Å². The number of hydrogen-bond acceptors (Lipinski definition) is 6. The summed E-state index contributed by atoms with van der Waals surface area (Å²) in [5.41, 5.74) is -0.575. The van der Waals surface area contributed by atoms with Crippen LogP contribution in [0.1, 0.15) is 30.6 Å². The minimum atomic E-state index is -0.809. The second-order valence-corrected chi connectivity index (χ2v) is 5.79. The summed E-state index contributed by atoms with van der Waals surface area (Å²) in [5.74, 6) is -1.28. The third-order valence-electron chi connectivity index (χ3n) is 4.26. The van der Waals surface area contributed by atoms with Gasteiger partial charge in [0, 0.05) is 26.3 Å². The van der Waals surface area contributed by atoms with E-state index in [2.05, 4.69) is 0 Å².